The Balaban J connectivity index is 1.68. The molecule has 3 aromatic heterocycles. The molecule has 4 rings (SSSR count). The maximum Gasteiger partial charge on any atom is 0.233 e. The molecule has 104 valence electrons. The van der Waals surface area contributed by atoms with Gasteiger partial charge in [0.2, 0.25) is 4.96 Å². The number of hydrogen-bond acceptors (Lipinski definition) is 6. The molecule has 0 amide bonds. The van der Waals surface area contributed by atoms with Crippen LogP contribution in [0.25, 0.3) is 15.9 Å². The highest BCUT2D eigenvalue weighted by Crippen LogP contribution is 2.23. The van der Waals surface area contributed by atoms with Crippen LogP contribution in [0.2, 0.25) is 0 Å². The molecule has 0 spiro atoms. The number of hydrogen-bond donors (Lipinski definition) is 1. The average Bonchev–Trinajstić information content (AvgIpc) is 3.04. The first kappa shape index (κ1) is 12.4. The summed E-state index contributed by atoms with van der Waals surface area (Å²) in [5.74, 6) is 1.39. The van der Waals surface area contributed by atoms with Gasteiger partial charge >= 0.3 is 0 Å². The third-order valence-electron chi connectivity index (χ3n) is 3.04. The van der Waals surface area contributed by atoms with Crippen molar-refractivity contribution in [1.82, 2.24) is 24.8 Å². The first-order valence-corrected chi connectivity index (χ1v) is 7.43. The van der Waals surface area contributed by atoms with Gasteiger partial charge < -0.3 is 4.74 Å². The molecule has 21 heavy (non-hydrogen) atoms. The molecule has 4 aromatic rings. The summed E-state index contributed by atoms with van der Waals surface area (Å²) in [5.41, 5.74) is 0.832. The summed E-state index contributed by atoms with van der Waals surface area (Å²) < 4.78 is 8.25. The number of nitrogens with zero attached hydrogens (tertiary/aromatic N) is 4. The van der Waals surface area contributed by atoms with E-state index in [-0.39, 0.29) is 0 Å². The van der Waals surface area contributed by atoms with Crippen LogP contribution in [0.3, 0.4) is 0 Å². The van der Waals surface area contributed by atoms with Crippen LogP contribution in [0.4, 0.5) is 0 Å². The Bertz CT molecular complexity index is 981. The van der Waals surface area contributed by atoms with E-state index < -0.39 is 0 Å². The highest BCUT2D eigenvalue weighted by Gasteiger charge is 2.10. The van der Waals surface area contributed by atoms with Crippen molar-refractivity contribution in [2.45, 2.75) is 6.61 Å². The van der Waals surface area contributed by atoms with Crippen molar-refractivity contribution in [3.05, 3.63) is 46.3 Å². The number of para-hydroxylation sites is 1. The number of nitrogens with one attached hydrogen (secondary N) is 1. The van der Waals surface area contributed by atoms with Gasteiger partial charge in [0.1, 0.15) is 17.9 Å². The highest BCUT2D eigenvalue weighted by molar-refractivity contribution is 7.73. The Labute approximate surface area is 128 Å². The fraction of sp³-hybridized carbons (Fsp3) is 0.0769. The molecule has 8 heteroatoms. The minimum Gasteiger partial charge on any atom is -0.483 e. The number of benzene rings is 1. The Hall–Kier alpha value is -2.32. The summed E-state index contributed by atoms with van der Waals surface area (Å²) in [4.78, 5) is 5.09. The highest BCUT2D eigenvalue weighted by atomic mass is 32.1. The Morgan fingerprint density at radius 3 is 3.10 bits per heavy atom. The van der Waals surface area contributed by atoms with Gasteiger partial charge in [0, 0.05) is 11.6 Å². The topological polar surface area (TPSA) is 68.1 Å². The molecule has 0 aliphatic rings. The van der Waals surface area contributed by atoms with Crippen LogP contribution in [0.5, 0.6) is 5.75 Å². The standard InChI is InChI=1S/C13H9N5OS2/c20-13-17-18-10(15-16-12(18)21-13)7-19-9-5-1-3-8-4-2-6-14-11(8)9/h1-6H,7H2,(H,17,20). The van der Waals surface area contributed by atoms with Gasteiger partial charge in [-0.1, -0.05) is 29.5 Å². The van der Waals surface area contributed by atoms with Crippen LogP contribution in [0.1, 0.15) is 5.82 Å². The van der Waals surface area contributed by atoms with E-state index in [1.54, 1.807) is 10.7 Å². The SMILES string of the molecule is S=c1[nH]n2c(COc3cccc4cccnc34)nnc2s1. The van der Waals surface area contributed by atoms with Gasteiger partial charge in [0.25, 0.3) is 0 Å². The van der Waals surface area contributed by atoms with Gasteiger partial charge in [-0.25, -0.2) is 4.52 Å². The molecule has 0 saturated carbocycles. The summed E-state index contributed by atoms with van der Waals surface area (Å²) >= 11 is 6.47. The summed E-state index contributed by atoms with van der Waals surface area (Å²) in [6.07, 6.45) is 1.75. The first-order chi connectivity index (χ1) is 10.3. The van der Waals surface area contributed by atoms with Crippen LogP contribution >= 0.6 is 23.6 Å². The predicted octanol–water partition coefficient (Wildman–Crippen LogP) is 2.98. The molecule has 0 unspecified atom stereocenters. The number of aromatic amines is 1. The lowest BCUT2D eigenvalue weighted by molar-refractivity contribution is 0.295. The van der Waals surface area contributed by atoms with E-state index in [1.165, 1.54) is 11.3 Å². The molecule has 1 aromatic carbocycles. The zero-order chi connectivity index (χ0) is 14.2. The van der Waals surface area contributed by atoms with Crippen molar-refractivity contribution >= 4 is 39.4 Å². The van der Waals surface area contributed by atoms with Crippen molar-refractivity contribution in [2.24, 2.45) is 0 Å². The zero-order valence-corrected chi connectivity index (χ0v) is 12.3. The second-order valence-electron chi connectivity index (χ2n) is 4.36. The van der Waals surface area contributed by atoms with Crippen molar-refractivity contribution in [3.63, 3.8) is 0 Å². The predicted molar refractivity (Wildman–Crippen MR) is 82.1 cm³/mol. The van der Waals surface area contributed by atoms with E-state index in [2.05, 4.69) is 20.3 Å². The van der Waals surface area contributed by atoms with Gasteiger partial charge in [-0.05, 0) is 24.4 Å². The van der Waals surface area contributed by atoms with Gasteiger partial charge in [0.15, 0.2) is 9.78 Å². The van der Waals surface area contributed by atoms with E-state index in [1.807, 2.05) is 30.3 Å². The van der Waals surface area contributed by atoms with E-state index in [0.717, 1.165) is 21.6 Å². The van der Waals surface area contributed by atoms with Crippen molar-refractivity contribution < 1.29 is 4.74 Å². The molecule has 0 radical (unpaired) electrons. The minimum absolute atomic E-state index is 0.291. The van der Waals surface area contributed by atoms with Crippen LogP contribution in [0, 0.1) is 3.95 Å². The lowest BCUT2D eigenvalue weighted by Crippen LogP contribution is -2.02. The largest absolute Gasteiger partial charge is 0.483 e. The van der Waals surface area contributed by atoms with Gasteiger partial charge in [0.05, 0.1) is 0 Å². The molecule has 1 N–H and O–H groups in total. The van der Waals surface area contributed by atoms with Crippen molar-refractivity contribution in [2.75, 3.05) is 0 Å². The fourth-order valence-corrected chi connectivity index (χ4v) is 3.05. The van der Waals surface area contributed by atoms with Crippen molar-refractivity contribution in [3.8, 4) is 5.75 Å². The molecule has 0 fully saturated rings. The Morgan fingerprint density at radius 1 is 1.24 bits per heavy atom. The summed E-state index contributed by atoms with van der Waals surface area (Å²) in [7, 11) is 0. The summed E-state index contributed by atoms with van der Waals surface area (Å²) in [5, 5.41) is 12.2. The maximum atomic E-state index is 5.85. The van der Waals surface area contributed by atoms with Gasteiger partial charge in [-0.3, -0.25) is 10.1 Å². The minimum atomic E-state index is 0.291. The van der Waals surface area contributed by atoms with Gasteiger partial charge in [-0.15, -0.1) is 10.2 Å². The monoisotopic (exact) mass is 315 g/mol. The quantitative estimate of drug-likeness (QED) is 0.589. The lowest BCUT2D eigenvalue weighted by Gasteiger charge is -2.07. The molecule has 0 atom stereocenters. The van der Waals surface area contributed by atoms with E-state index in [9.17, 15) is 0 Å². The Morgan fingerprint density at radius 2 is 2.14 bits per heavy atom. The Kier molecular flexibility index (Phi) is 2.90. The smallest absolute Gasteiger partial charge is 0.233 e. The molecular weight excluding hydrogens is 306 g/mol. The molecular formula is C13H9N5OS2. The second kappa shape index (κ2) is 4.90. The second-order valence-corrected chi connectivity index (χ2v) is 6.00. The third kappa shape index (κ3) is 2.18. The summed E-state index contributed by atoms with van der Waals surface area (Å²) in [6, 6.07) is 9.74. The molecule has 0 saturated heterocycles. The van der Waals surface area contributed by atoms with Crippen LogP contribution < -0.4 is 4.74 Å². The molecule has 3 heterocycles. The lowest BCUT2D eigenvalue weighted by atomic mass is 10.2. The molecule has 0 aliphatic heterocycles. The summed E-state index contributed by atoms with van der Waals surface area (Å²) in [6.45, 7) is 0.291. The third-order valence-corrected chi connectivity index (χ3v) is 4.10. The number of pyridine rings is 1. The number of fused-ring (bicyclic) bond motifs is 2. The first-order valence-electron chi connectivity index (χ1n) is 6.21. The zero-order valence-electron chi connectivity index (χ0n) is 10.7. The van der Waals surface area contributed by atoms with E-state index in [4.69, 9.17) is 17.0 Å². The maximum absolute atomic E-state index is 5.85. The number of ether oxygens (including phenoxy) is 1. The molecule has 6 nitrogen and oxygen atoms in total. The average molecular weight is 315 g/mol. The molecule has 0 aliphatic carbocycles. The van der Waals surface area contributed by atoms with E-state index >= 15 is 0 Å². The van der Waals surface area contributed by atoms with E-state index in [0.29, 0.717) is 16.4 Å². The number of aromatic nitrogens is 5. The number of H-pyrrole nitrogens is 1. The molecule has 0 bridgehead atoms. The van der Waals surface area contributed by atoms with Gasteiger partial charge in [-0.2, -0.15) is 0 Å². The normalized spacial score (nSPS) is 11.2. The fourth-order valence-electron chi connectivity index (χ4n) is 2.10. The van der Waals surface area contributed by atoms with Crippen molar-refractivity contribution in [1.29, 1.82) is 0 Å². The number of rotatable bonds is 3. The van der Waals surface area contributed by atoms with Crippen LogP contribution in [-0.2, 0) is 6.61 Å². The van der Waals surface area contributed by atoms with Crippen LogP contribution in [-0.4, -0.2) is 24.8 Å². The van der Waals surface area contributed by atoms with Crippen LogP contribution in [0.15, 0.2) is 36.5 Å².